The zero-order valence-corrected chi connectivity index (χ0v) is 16.8. The quantitative estimate of drug-likeness (QED) is 0.658. The van der Waals surface area contributed by atoms with Crippen molar-refractivity contribution in [3.63, 3.8) is 0 Å². The number of carbonyl (C=O) groups excluding carboxylic acids is 1. The summed E-state index contributed by atoms with van der Waals surface area (Å²) in [5, 5.41) is 4.12. The molecule has 0 radical (unpaired) electrons. The van der Waals surface area contributed by atoms with Gasteiger partial charge in [0.25, 0.3) is 5.91 Å². The number of sulfonamides is 1. The highest BCUT2D eigenvalue weighted by atomic mass is 32.2. The van der Waals surface area contributed by atoms with E-state index < -0.39 is 15.9 Å². The van der Waals surface area contributed by atoms with E-state index in [4.69, 9.17) is 0 Å². The van der Waals surface area contributed by atoms with Gasteiger partial charge in [-0.2, -0.15) is 4.31 Å². The molecule has 1 N–H and O–H groups in total. The van der Waals surface area contributed by atoms with Gasteiger partial charge >= 0.3 is 0 Å². The minimum Gasteiger partial charge on any atom is -0.318 e. The number of aryl methyl sites for hydroxylation is 2. The second-order valence-electron chi connectivity index (χ2n) is 6.13. The Morgan fingerprint density at radius 2 is 1.85 bits per heavy atom. The van der Waals surface area contributed by atoms with Gasteiger partial charge in [0.05, 0.1) is 21.7 Å². The Balaban J connectivity index is 1.73. The second kappa shape index (κ2) is 7.63. The maximum atomic E-state index is 12.5. The highest BCUT2D eigenvalue weighted by molar-refractivity contribution is 7.89. The summed E-state index contributed by atoms with van der Waals surface area (Å²) < 4.78 is 29.0. The van der Waals surface area contributed by atoms with Crippen LogP contribution in [-0.2, 0) is 21.9 Å². The number of hydrogen-bond donors (Lipinski definition) is 1. The molecule has 3 rings (SSSR count). The molecule has 0 atom stereocenters. The third kappa shape index (κ3) is 4.10. The van der Waals surface area contributed by atoms with E-state index in [1.807, 2.05) is 42.8 Å². The average Bonchev–Trinajstić information content (AvgIpc) is 2.96. The molecule has 0 spiro atoms. The topological polar surface area (TPSA) is 83.8 Å². The smallest absolute Gasteiger partial charge is 0.255 e. The van der Waals surface area contributed by atoms with E-state index in [2.05, 4.69) is 10.5 Å². The Hall–Kier alpha value is -2.49. The van der Waals surface area contributed by atoms with Gasteiger partial charge in [-0.1, -0.05) is 41.2 Å². The molecule has 0 fully saturated rings. The van der Waals surface area contributed by atoms with Crippen LogP contribution < -0.4 is 10.2 Å². The molecule has 0 aliphatic heterocycles. The molecule has 7 nitrogen and oxygen atoms in total. The van der Waals surface area contributed by atoms with E-state index >= 15 is 0 Å². The molecule has 0 bridgehead atoms. The number of likely N-dealkylation sites (N-methyl/N-ethyl adjacent to an activating group) is 1. The first-order valence-corrected chi connectivity index (χ1v) is 10.4. The van der Waals surface area contributed by atoms with Crippen LogP contribution in [0.15, 0.2) is 58.5 Å². The van der Waals surface area contributed by atoms with Gasteiger partial charge in [-0.3, -0.25) is 4.79 Å². The fourth-order valence-electron chi connectivity index (χ4n) is 2.51. The SMILES string of the molecule is Cc1ccc(S(=O)(=O)N(C)CC(=O)N/N=c2\sc3ccccc3n2C)cc1. The average molecular weight is 405 g/mol. The number of hydrogen-bond acceptors (Lipinski definition) is 5. The number of carbonyl (C=O) groups is 1. The number of nitrogens with zero attached hydrogens (tertiary/aromatic N) is 3. The van der Waals surface area contributed by atoms with Crippen LogP contribution in [0.2, 0.25) is 0 Å². The minimum absolute atomic E-state index is 0.149. The Morgan fingerprint density at radius 1 is 1.19 bits per heavy atom. The Labute approximate surface area is 161 Å². The first kappa shape index (κ1) is 19.3. The van der Waals surface area contributed by atoms with Gasteiger partial charge in [0.1, 0.15) is 0 Å². The molecule has 3 aromatic rings. The van der Waals surface area contributed by atoms with E-state index in [0.29, 0.717) is 4.80 Å². The van der Waals surface area contributed by atoms with Crippen molar-refractivity contribution in [3.05, 3.63) is 58.9 Å². The number of fused-ring (bicyclic) bond motifs is 1. The number of aromatic nitrogens is 1. The van der Waals surface area contributed by atoms with E-state index in [9.17, 15) is 13.2 Å². The summed E-state index contributed by atoms with van der Waals surface area (Å²) in [6.45, 7) is 1.55. The number of amides is 1. The molecule has 0 aliphatic carbocycles. The summed E-state index contributed by atoms with van der Waals surface area (Å²) in [7, 11) is -0.506. The van der Waals surface area contributed by atoms with Crippen LogP contribution in [0, 0.1) is 6.92 Å². The molecule has 0 saturated heterocycles. The number of benzene rings is 2. The summed E-state index contributed by atoms with van der Waals surface area (Å²) >= 11 is 1.44. The standard InChI is InChI=1S/C18H20N4O3S2/c1-13-8-10-14(11-9-13)27(24,25)21(2)12-17(23)19-20-18-22(3)15-6-4-5-7-16(15)26-18/h4-11H,12H2,1-3H3,(H,19,23)/b20-18-. The fraction of sp³-hybridized carbons (Fsp3) is 0.222. The molecule has 27 heavy (non-hydrogen) atoms. The monoisotopic (exact) mass is 404 g/mol. The lowest BCUT2D eigenvalue weighted by molar-refractivity contribution is -0.121. The third-order valence-corrected chi connectivity index (χ3v) is 7.02. The molecule has 0 saturated carbocycles. The molecule has 2 aromatic carbocycles. The summed E-state index contributed by atoms with van der Waals surface area (Å²) in [5.41, 5.74) is 4.41. The van der Waals surface area contributed by atoms with E-state index in [-0.39, 0.29) is 11.4 Å². The van der Waals surface area contributed by atoms with Gasteiger partial charge in [0, 0.05) is 14.1 Å². The molecule has 1 amide bonds. The van der Waals surface area contributed by atoms with E-state index in [1.54, 1.807) is 12.1 Å². The van der Waals surface area contributed by atoms with Gasteiger partial charge in [0.15, 0.2) is 0 Å². The van der Waals surface area contributed by atoms with Crippen molar-refractivity contribution in [2.24, 2.45) is 12.1 Å². The Morgan fingerprint density at radius 3 is 2.52 bits per heavy atom. The highest BCUT2D eigenvalue weighted by Crippen LogP contribution is 2.15. The molecular weight excluding hydrogens is 384 g/mol. The summed E-state index contributed by atoms with van der Waals surface area (Å²) in [5.74, 6) is -0.509. The number of para-hydroxylation sites is 1. The van der Waals surface area contributed by atoms with Gasteiger partial charge in [-0.25, -0.2) is 13.8 Å². The number of thiazole rings is 1. The van der Waals surface area contributed by atoms with Gasteiger partial charge in [0.2, 0.25) is 14.8 Å². The van der Waals surface area contributed by atoms with Crippen molar-refractivity contribution in [2.45, 2.75) is 11.8 Å². The van der Waals surface area contributed by atoms with Crippen LogP contribution in [0.25, 0.3) is 10.2 Å². The maximum Gasteiger partial charge on any atom is 0.255 e. The van der Waals surface area contributed by atoms with Gasteiger partial charge < -0.3 is 4.57 Å². The van der Waals surface area contributed by atoms with Crippen molar-refractivity contribution in [1.82, 2.24) is 14.3 Å². The largest absolute Gasteiger partial charge is 0.318 e. The van der Waals surface area contributed by atoms with Crippen molar-refractivity contribution < 1.29 is 13.2 Å². The number of rotatable bonds is 5. The van der Waals surface area contributed by atoms with Crippen molar-refractivity contribution in [2.75, 3.05) is 13.6 Å². The molecule has 142 valence electrons. The fourth-order valence-corrected chi connectivity index (χ4v) is 4.62. The van der Waals surface area contributed by atoms with Crippen LogP contribution in [0.5, 0.6) is 0 Å². The molecule has 1 aromatic heterocycles. The zero-order valence-electron chi connectivity index (χ0n) is 15.2. The molecule has 1 heterocycles. The van der Waals surface area contributed by atoms with Crippen LogP contribution in [0.3, 0.4) is 0 Å². The normalized spacial score (nSPS) is 12.7. The number of nitrogens with one attached hydrogen (secondary N) is 1. The first-order valence-electron chi connectivity index (χ1n) is 8.19. The Kier molecular flexibility index (Phi) is 5.45. The van der Waals surface area contributed by atoms with Crippen molar-refractivity contribution >= 4 is 37.5 Å². The predicted octanol–water partition coefficient (Wildman–Crippen LogP) is 1.80. The molecular formula is C18H20N4O3S2. The van der Waals surface area contributed by atoms with E-state index in [0.717, 1.165) is 20.1 Å². The van der Waals surface area contributed by atoms with Gasteiger partial charge in [-0.15, -0.1) is 5.10 Å². The van der Waals surface area contributed by atoms with E-state index in [1.165, 1.54) is 30.5 Å². The predicted molar refractivity (Wildman–Crippen MR) is 105 cm³/mol. The summed E-state index contributed by atoms with van der Waals surface area (Å²) in [4.78, 5) is 12.9. The van der Waals surface area contributed by atoms with Crippen LogP contribution in [-0.4, -0.2) is 36.8 Å². The molecule has 0 aliphatic rings. The Bertz CT molecular complexity index is 1150. The second-order valence-corrected chi connectivity index (χ2v) is 9.19. The lowest BCUT2D eigenvalue weighted by Gasteiger charge is -2.16. The summed E-state index contributed by atoms with van der Waals surface area (Å²) in [6.07, 6.45) is 0. The van der Waals surface area contributed by atoms with Crippen LogP contribution in [0.4, 0.5) is 0 Å². The zero-order chi connectivity index (χ0) is 19.6. The van der Waals surface area contributed by atoms with Crippen LogP contribution >= 0.6 is 11.3 Å². The first-order chi connectivity index (χ1) is 12.8. The lowest BCUT2D eigenvalue weighted by atomic mass is 10.2. The molecule has 0 unspecified atom stereocenters. The minimum atomic E-state index is -3.73. The molecule has 9 heteroatoms. The summed E-state index contributed by atoms with van der Waals surface area (Å²) in [6, 6.07) is 14.3. The highest BCUT2D eigenvalue weighted by Gasteiger charge is 2.22. The third-order valence-electron chi connectivity index (χ3n) is 4.09. The van der Waals surface area contributed by atoms with Crippen LogP contribution in [0.1, 0.15) is 5.56 Å². The van der Waals surface area contributed by atoms with Crippen molar-refractivity contribution in [1.29, 1.82) is 0 Å². The van der Waals surface area contributed by atoms with Crippen molar-refractivity contribution in [3.8, 4) is 0 Å². The lowest BCUT2D eigenvalue weighted by Crippen LogP contribution is -2.37. The van der Waals surface area contributed by atoms with Gasteiger partial charge in [-0.05, 0) is 31.2 Å². The maximum absolute atomic E-state index is 12.5.